The quantitative estimate of drug-likeness (QED) is 0.621. The lowest BCUT2D eigenvalue weighted by Crippen LogP contribution is -2.20. The van der Waals surface area contributed by atoms with E-state index in [-0.39, 0.29) is 24.4 Å². The van der Waals surface area contributed by atoms with Gasteiger partial charge in [0.1, 0.15) is 18.2 Å². The zero-order valence-electron chi connectivity index (χ0n) is 11.3. The molecule has 0 saturated carbocycles. The van der Waals surface area contributed by atoms with Gasteiger partial charge in [0.05, 0.1) is 27.5 Å². The molecule has 1 heterocycles. The fourth-order valence-electron chi connectivity index (χ4n) is 2.01. The Morgan fingerprint density at radius 3 is 2.95 bits per heavy atom. The summed E-state index contributed by atoms with van der Waals surface area (Å²) in [6.45, 7) is 2.28. The molecular formula is C13H14BrClFN3O2. The summed E-state index contributed by atoms with van der Waals surface area (Å²) in [5, 5.41) is -0.338. The lowest BCUT2D eigenvalue weighted by Gasteiger charge is -2.10. The molecule has 0 saturated heterocycles. The van der Waals surface area contributed by atoms with Crippen LogP contribution in [0, 0.1) is 5.82 Å². The van der Waals surface area contributed by atoms with Crippen molar-refractivity contribution < 1.29 is 13.9 Å². The summed E-state index contributed by atoms with van der Waals surface area (Å²) in [7, 11) is 0. The summed E-state index contributed by atoms with van der Waals surface area (Å²) in [6, 6.07) is 3.00. The molecule has 1 amide bonds. The molecule has 8 heteroatoms. The van der Waals surface area contributed by atoms with E-state index in [0.717, 1.165) is 0 Å². The maximum Gasteiger partial charge on any atom is 0.243 e. The number of imidazole rings is 1. The summed E-state index contributed by atoms with van der Waals surface area (Å²) in [5.74, 6) is -0.297. The van der Waals surface area contributed by atoms with Crippen molar-refractivity contribution in [2.24, 2.45) is 5.73 Å². The van der Waals surface area contributed by atoms with E-state index in [1.807, 2.05) is 0 Å². The van der Waals surface area contributed by atoms with Crippen LogP contribution in [-0.2, 0) is 16.1 Å². The van der Waals surface area contributed by atoms with Crippen molar-refractivity contribution in [1.29, 1.82) is 0 Å². The van der Waals surface area contributed by atoms with Crippen molar-refractivity contribution in [2.75, 3.05) is 13.2 Å². The lowest BCUT2D eigenvalue weighted by atomic mass is 10.3. The van der Waals surface area contributed by atoms with Gasteiger partial charge in [-0.3, -0.25) is 4.79 Å². The standard InChI is InChI=1S/C13H14BrClFN3O2/c1-7(15)13-18-10-4-8(14)9(16)5-11(10)19(13)2-3-21-6-12(17)20/h4-5,7H,2-3,6H2,1H3,(H2,17,20). The number of alkyl halides is 1. The molecule has 5 nitrogen and oxygen atoms in total. The van der Waals surface area contributed by atoms with Crippen LogP contribution in [0.3, 0.4) is 0 Å². The normalized spacial score (nSPS) is 12.8. The molecule has 1 aromatic carbocycles. The number of ether oxygens (including phenoxy) is 1. The average Bonchev–Trinajstić information content (AvgIpc) is 2.73. The van der Waals surface area contributed by atoms with Gasteiger partial charge in [-0.15, -0.1) is 11.6 Å². The van der Waals surface area contributed by atoms with E-state index >= 15 is 0 Å². The van der Waals surface area contributed by atoms with Crippen LogP contribution < -0.4 is 5.73 Å². The highest BCUT2D eigenvalue weighted by atomic mass is 79.9. The molecule has 114 valence electrons. The molecule has 0 spiro atoms. The minimum absolute atomic E-state index is 0.154. The number of halogens is 3. The van der Waals surface area contributed by atoms with Crippen molar-refractivity contribution in [3.05, 3.63) is 28.2 Å². The first-order valence-electron chi connectivity index (χ1n) is 6.25. The average molecular weight is 379 g/mol. The number of hydrogen-bond donors (Lipinski definition) is 1. The Kier molecular flexibility index (Phi) is 5.18. The van der Waals surface area contributed by atoms with Crippen LogP contribution in [0.2, 0.25) is 0 Å². The van der Waals surface area contributed by atoms with Gasteiger partial charge in [-0.1, -0.05) is 0 Å². The maximum absolute atomic E-state index is 13.7. The van der Waals surface area contributed by atoms with Crippen LogP contribution in [0.1, 0.15) is 18.1 Å². The van der Waals surface area contributed by atoms with Crippen LogP contribution in [0.4, 0.5) is 4.39 Å². The topological polar surface area (TPSA) is 70.1 Å². The van der Waals surface area contributed by atoms with Crippen LogP contribution in [0.25, 0.3) is 11.0 Å². The Labute approximate surface area is 134 Å². The minimum Gasteiger partial charge on any atom is -0.370 e. The van der Waals surface area contributed by atoms with Gasteiger partial charge in [-0.05, 0) is 28.9 Å². The second kappa shape index (κ2) is 6.72. The lowest BCUT2D eigenvalue weighted by molar-refractivity contribution is -0.122. The molecule has 0 radical (unpaired) electrons. The first-order chi connectivity index (χ1) is 9.90. The number of carbonyl (C=O) groups is 1. The van der Waals surface area contributed by atoms with Crippen LogP contribution in [-0.4, -0.2) is 28.7 Å². The van der Waals surface area contributed by atoms with Gasteiger partial charge >= 0.3 is 0 Å². The highest BCUT2D eigenvalue weighted by Gasteiger charge is 2.16. The fraction of sp³-hybridized carbons (Fsp3) is 0.385. The molecule has 0 aliphatic rings. The van der Waals surface area contributed by atoms with E-state index in [4.69, 9.17) is 22.1 Å². The molecule has 0 aliphatic carbocycles. The largest absolute Gasteiger partial charge is 0.370 e. The van der Waals surface area contributed by atoms with E-state index in [1.54, 1.807) is 17.6 Å². The second-order valence-electron chi connectivity index (χ2n) is 4.51. The highest BCUT2D eigenvalue weighted by molar-refractivity contribution is 9.10. The smallest absolute Gasteiger partial charge is 0.243 e. The molecule has 1 unspecified atom stereocenters. The summed E-state index contributed by atoms with van der Waals surface area (Å²) >= 11 is 9.25. The summed E-state index contributed by atoms with van der Waals surface area (Å²) < 4.78 is 21.0. The van der Waals surface area contributed by atoms with Gasteiger partial charge in [0.15, 0.2) is 0 Å². The molecule has 1 atom stereocenters. The molecule has 21 heavy (non-hydrogen) atoms. The SMILES string of the molecule is CC(Cl)c1nc2cc(Br)c(F)cc2n1CCOCC(N)=O. The number of carbonyl (C=O) groups excluding carboxylic acids is 1. The predicted octanol–water partition coefficient (Wildman–Crippen LogP) is 2.74. The third-order valence-electron chi connectivity index (χ3n) is 2.88. The number of nitrogens with zero attached hydrogens (tertiary/aromatic N) is 2. The molecule has 0 bridgehead atoms. The molecule has 0 aliphatic heterocycles. The van der Waals surface area contributed by atoms with Crippen molar-refractivity contribution in [3.63, 3.8) is 0 Å². The zero-order valence-corrected chi connectivity index (χ0v) is 13.6. The van der Waals surface area contributed by atoms with Gasteiger partial charge < -0.3 is 15.0 Å². The van der Waals surface area contributed by atoms with Gasteiger partial charge in [0.25, 0.3) is 0 Å². The van der Waals surface area contributed by atoms with Gasteiger partial charge in [-0.25, -0.2) is 9.37 Å². The third-order valence-corrected chi connectivity index (χ3v) is 3.68. The summed E-state index contributed by atoms with van der Waals surface area (Å²) in [6.07, 6.45) is 0. The Morgan fingerprint density at radius 1 is 1.62 bits per heavy atom. The predicted molar refractivity (Wildman–Crippen MR) is 81.7 cm³/mol. The number of fused-ring (bicyclic) bond motifs is 1. The van der Waals surface area contributed by atoms with E-state index in [1.165, 1.54) is 6.07 Å². The third kappa shape index (κ3) is 3.72. The zero-order chi connectivity index (χ0) is 15.6. The Hall–Kier alpha value is -1.18. The Morgan fingerprint density at radius 2 is 2.33 bits per heavy atom. The monoisotopic (exact) mass is 377 g/mol. The molecule has 1 aromatic heterocycles. The number of primary amides is 1. The Balaban J connectivity index is 2.32. The fourth-order valence-corrected chi connectivity index (χ4v) is 2.50. The number of aromatic nitrogens is 2. The maximum atomic E-state index is 13.7. The molecule has 2 rings (SSSR count). The van der Waals surface area contributed by atoms with Gasteiger partial charge in [-0.2, -0.15) is 0 Å². The van der Waals surface area contributed by atoms with Crippen molar-refractivity contribution in [1.82, 2.24) is 9.55 Å². The van der Waals surface area contributed by atoms with Crippen molar-refractivity contribution >= 4 is 44.5 Å². The van der Waals surface area contributed by atoms with Crippen LogP contribution in [0.15, 0.2) is 16.6 Å². The second-order valence-corrected chi connectivity index (χ2v) is 6.02. The van der Waals surface area contributed by atoms with E-state index < -0.39 is 5.91 Å². The van der Waals surface area contributed by atoms with Crippen LogP contribution in [0.5, 0.6) is 0 Å². The number of rotatable bonds is 6. The van der Waals surface area contributed by atoms with Crippen molar-refractivity contribution in [3.8, 4) is 0 Å². The van der Waals surface area contributed by atoms with E-state index in [2.05, 4.69) is 20.9 Å². The number of benzene rings is 1. The summed E-state index contributed by atoms with van der Waals surface area (Å²) in [5.41, 5.74) is 6.26. The molecular weight excluding hydrogens is 365 g/mol. The van der Waals surface area contributed by atoms with Crippen molar-refractivity contribution in [2.45, 2.75) is 18.8 Å². The highest BCUT2D eigenvalue weighted by Crippen LogP contribution is 2.28. The minimum atomic E-state index is -0.536. The first-order valence-corrected chi connectivity index (χ1v) is 7.48. The number of hydrogen-bond acceptors (Lipinski definition) is 3. The number of amides is 1. The molecule has 0 fully saturated rings. The Bertz CT molecular complexity index is 675. The summed E-state index contributed by atoms with van der Waals surface area (Å²) in [4.78, 5) is 15.0. The van der Waals surface area contributed by atoms with Gasteiger partial charge in [0.2, 0.25) is 5.91 Å². The number of nitrogens with two attached hydrogens (primary N) is 1. The van der Waals surface area contributed by atoms with E-state index in [9.17, 15) is 9.18 Å². The molecule has 2 aromatic rings. The molecule has 2 N–H and O–H groups in total. The van der Waals surface area contributed by atoms with Crippen LogP contribution >= 0.6 is 27.5 Å². The first kappa shape index (κ1) is 16.2. The van der Waals surface area contributed by atoms with E-state index in [0.29, 0.717) is 27.9 Å². The van der Waals surface area contributed by atoms with Gasteiger partial charge in [0, 0.05) is 12.6 Å².